The lowest BCUT2D eigenvalue weighted by Crippen LogP contribution is -2.16. The molecule has 0 aliphatic carbocycles. The summed E-state index contributed by atoms with van der Waals surface area (Å²) in [5.74, 6) is -0.0653. The van der Waals surface area contributed by atoms with Crippen LogP contribution in [-0.2, 0) is 11.3 Å². The van der Waals surface area contributed by atoms with Gasteiger partial charge >= 0.3 is 5.97 Å². The van der Waals surface area contributed by atoms with Gasteiger partial charge in [0.1, 0.15) is 0 Å². The molecule has 0 amide bonds. The van der Waals surface area contributed by atoms with E-state index >= 15 is 0 Å². The van der Waals surface area contributed by atoms with E-state index in [-0.39, 0.29) is 5.97 Å². The molecule has 6 heteroatoms. The van der Waals surface area contributed by atoms with Gasteiger partial charge in [-0.05, 0) is 39.9 Å². The fourth-order valence-electron chi connectivity index (χ4n) is 1.61. The van der Waals surface area contributed by atoms with Gasteiger partial charge in [0.25, 0.3) is 0 Å². The molecule has 0 unspecified atom stereocenters. The molecule has 6 nitrogen and oxygen atoms in total. The molecule has 0 N–H and O–H groups in total. The van der Waals surface area contributed by atoms with Gasteiger partial charge in [-0.25, -0.2) is 9.48 Å². The van der Waals surface area contributed by atoms with E-state index in [9.17, 15) is 4.79 Å². The molecule has 0 saturated heterocycles. The molecule has 1 aromatic heterocycles. The zero-order valence-electron chi connectivity index (χ0n) is 12.5. The summed E-state index contributed by atoms with van der Waals surface area (Å²) < 4.78 is 6.92. The van der Waals surface area contributed by atoms with Gasteiger partial charge in [-0.2, -0.15) is 0 Å². The number of carbonyl (C=O) groups excluding carboxylic acids is 1. The van der Waals surface area contributed by atoms with E-state index in [0.717, 1.165) is 25.2 Å². The van der Waals surface area contributed by atoms with E-state index in [1.54, 1.807) is 4.68 Å². The maximum absolute atomic E-state index is 11.8. The van der Waals surface area contributed by atoms with E-state index in [4.69, 9.17) is 4.74 Å². The number of aryl methyl sites for hydroxylation is 1. The Bertz CT molecular complexity index is 413. The highest BCUT2D eigenvalue weighted by Gasteiger charge is 2.18. The van der Waals surface area contributed by atoms with Crippen LogP contribution in [0.5, 0.6) is 0 Å². The molecule has 0 saturated carbocycles. The van der Waals surface area contributed by atoms with E-state index < -0.39 is 0 Å². The summed E-state index contributed by atoms with van der Waals surface area (Å²) in [6, 6.07) is 0. The van der Waals surface area contributed by atoms with Crippen LogP contribution in [-0.4, -0.2) is 53.1 Å². The highest BCUT2D eigenvalue weighted by Crippen LogP contribution is 2.07. The minimum atomic E-state index is -0.384. The number of hydrogen-bond acceptors (Lipinski definition) is 5. The van der Waals surface area contributed by atoms with Crippen LogP contribution in [0.25, 0.3) is 0 Å². The fourth-order valence-corrected chi connectivity index (χ4v) is 1.61. The predicted octanol–water partition coefficient (Wildman–Crippen LogP) is 1.35. The van der Waals surface area contributed by atoms with Crippen molar-refractivity contribution in [1.29, 1.82) is 0 Å². The molecule has 0 aromatic carbocycles. The Morgan fingerprint density at radius 1 is 1.42 bits per heavy atom. The van der Waals surface area contributed by atoms with Crippen LogP contribution in [0.15, 0.2) is 0 Å². The second-order valence-electron chi connectivity index (χ2n) is 5.40. The molecule has 1 rings (SSSR count). The van der Waals surface area contributed by atoms with Gasteiger partial charge < -0.3 is 9.64 Å². The Labute approximate surface area is 114 Å². The molecule has 108 valence electrons. The molecule has 1 heterocycles. The normalized spacial score (nSPS) is 11.3. The zero-order valence-corrected chi connectivity index (χ0v) is 12.5. The van der Waals surface area contributed by atoms with Crippen molar-refractivity contribution in [2.24, 2.45) is 5.92 Å². The Balaban J connectivity index is 2.57. The third kappa shape index (κ3) is 4.98. The maximum Gasteiger partial charge on any atom is 0.360 e. The Morgan fingerprint density at radius 3 is 2.68 bits per heavy atom. The summed E-state index contributed by atoms with van der Waals surface area (Å²) in [4.78, 5) is 13.9. The molecule has 0 fully saturated rings. The molecule has 19 heavy (non-hydrogen) atoms. The molecular weight excluding hydrogens is 244 g/mol. The van der Waals surface area contributed by atoms with Gasteiger partial charge in [-0.3, -0.25) is 0 Å². The molecular formula is C13H24N4O2. The Morgan fingerprint density at radius 2 is 2.11 bits per heavy atom. The number of rotatable bonds is 7. The van der Waals surface area contributed by atoms with Crippen molar-refractivity contribution in [2.75, 3.05) is 27.2 Å². The third-order valence-corrected chi connectivity index (χ3v) is 2.70. The van der Waals surface area contributed by atoms with Crippen LogP contribution < -0.4 is 0 Å². The van der Waals surface area contributed by atoms with Crippen LogP contribution in [0.3, 0.4) is 0 Å². The van der Waals surface area contributed by atoms with E-state index in [1.165, 1.54) is 0 Å². The summed E-state index contributed by atoms with van der Waals surface area (Å²) in [6.45, 7) is 7.99. The van der Waals surface area contributed by atoms with Crippen LogP contribution in [0.4, 0.5) is 0 Å². The second-order valence-corrected chi connectivity index (χ2v) is 5.40. The third-order valence-electron chi connectivity index (χ3n) is 2.70. The molecule has 0 aliphatic heterocycles. The number of aromatic nitrogens is 3. The topological polar surface area (TPSA) is 60.2 Å². The maximum atomic E-state index is 11.8. The molecule has 0 atom stereocenters. The molecule has 1 aromatic rings. The number of carbonyl (C=O) groups is 1. The summed E-state index contributed by atoms with van der Waals surface area (Å²) in [5, 5.41) is 7.92. The van der Waals surface area contributed by atoms with Gasteiger partial charge in [-0.15, -0.1) is 5.10 Å². The van der Waals surface area contributed by atoms with Gasteiger partial charge in [-0.1, -0.05) is 19.1 Å². The van der Waals surface area contributed by atoms with Crippen molar-refractivity contribution in [3.8, 4) is 0 Å². The second kappa shape index (κ2) is 7.23. The van der Waals surface area contributed by atoms with Crippen LogP contribution >= 0.6 is 0 Å². The monoisotopic (exact) mass is 268 g/mol. The van der Waals surface area contributed by atoms with E-state index in [1.807, 2.05) is 34.9 Å². The average Bonchev–Trinajstić information content (AvgIpc) is 2.68. The summed E-state index contributed by atoms with van der Waals surface area (Å²) in [6.07, 6.45) is 0.970. The zero-order chi connectivity index (χ0) is 14.4. The first-order valence-corrected chi connectivity index (χ1v) is 6.63. The Kier molecular flexibility index (Phi) is 5.95. The molecule has 0 bridgehead atoms. The SMILES string of the molecule is Cc1c(C(=O)OCC(C)C)nnn1CCCN(C)C. The lowest BCUT2D eigenvalue weighted by Gasteiger charge is -2.09. The quantitative estimate of drug-likeness (QED) is 0.699. The van der Waals surface area contributed by atoms with Crippen molar-refractivity contribution < 1.29 is 9.53 Å². The number of esters is 1. The molecule has 0 radical (unpaired) electrons. The van der Waals surface area contributed by atoms with Crippen molar-refractivity contribution in [1.82, 2.24) is 19.9 Å². The van der Waals surface area contributed by atoms with Gasteiger partial charge in [0.05, 0.1) is 12.3 Å². The number of nitrogens with zero attached hydrogens (tertiary/aromatic N) is 4. The largest absolute Gasteiger partial charge is 0.461 e. The standard InChI is InChI=1S/C13H24N4O2/c1-10(2)9-19-13(18)12-11(3)17(15-14-12)8-6-7-16(4)5/h10H,6-9H2,1-5H3. The number of ether oxygens (including phenoxy) is 1. The van der Waals surface area contributed by atoms with Crippen LogP contribution in [0.2, 0.25) is 0 Å². The highest BCUT2D eigenvalue weighted by atomic mass is 16.5. The summed E-state index contributed by atoms with van der Waals surface area (Å²) in [5.41, 5.74) is 1.10. The van der Waals surface area contributed by atoms with E-state index in [2.05, 4.69) is 15.2 Å². The van der Waals surface area contributed by atoms with Crippen molar-refractivity contribution in [2.45, 2.75) is 33.7 Å². The molecule has 0 aliphatic rings. The lowest BCUT2D eigenvalue weighted by molar-refractivity contribution is 0.0451. The highest BCUT2D eigenvalue weighted by molar-refractivity contribution is 5.88. The van der Waals surface area contributed by atoms with Crippen molar-refractivity contribution >= 4 is 5.97 Å². The lowest BCUT2D eigenvalue weighted by atomic mass is 10.2. The average molecular weight is 268 g/mol. The van der Waals surface area contributed by atoms with Gasteiger partial charge in [0, 0.05) is 6.54 Å². The van der Waals surface area contributed by atoms with Crippen molar-refractivity contribution in [3.63, 3.8) is 0 Å². The van der Waals surface area contributed by atoms with Gasteiger partial charge in [0.2, 0.25) is 0 Å². The van der Waals surface area contributed by atoms with Crippen molar-refractivity contribution in [3.05, 3.63) is 11.4 Å². The first-order chi connectivity index (χ1) is 8.91. The fraction of sp³-hybridized carbons (Fsp3) is 0.769. The first kappa shape index (κ1) is 15.6. The molecule has 0 spiro atoms. The Hall–Kier alpha value is -1.43. The summed E-state index contributed by atoms with van der Waals surface area (Å²) in [7, 11) is 4.06. The van der Waals surface area contributed by atoms with Gasteiger partial charge in [0.15, 0.2) is 5.69 Å². The first-order valence-electron chi connectivity index (χ1n) is 6.63. The summed E-state index contributed by atoms with van der Waals surface area (Å²) >= 11 is 0. The minimum absolute atomic E-state index is 0.319. The minimum Gasteiger partial charge on any atom is -0.461 e. The van der Waals surface area contributed by atoms with Crippen LogP contribution in [0, 0.1) is 12.8 Å². The predicted molar refractivity (Wildman–Crippen MR) is 73.1 cm³/mol. The smallest absolute Gasteiger partial charge is 0.360 e. The van der Waals surface area contributed by atoms with E-state index in [0.29, 0.717) is 18.2 Å². The number of hydrogen-bond donors (Lipinski definition) is 0. The van der Waals surface area contributed by atoms with Crippen LogP contribution in [0.1, 0.15) is 36.5 Å².